The molecule has 0 bridgehead atoms. The lowest BCUT2D eigenvalue weighted by atomic mass is 9.82. The second-order valence-corrected chi connectivity index (χ2v) is 4.90. The molecule has 1 atom stereocenters. The van der Waals surface area contributed by atoms with Crippen molar-refractivity contribution in [1.29, 1.82) is 0 Å². The predicted molar refractivity (Wildman–Crippen MR) is 53.8 cm³/mol. The van der Waals surface area contributed by atoms with Crippen molar-refractivity contribution in [3.8, 4) is 0 Å². The molecule has 2 N–H and O–H groups in total. The van der Waals surface area contributed by atoms with Gasteiger partial charge in [-0.1, -0.05) is 20.8 Å². The van der Waals surface area contributed by atoms with Gasteiger partial charge in [0.1, 0.15) is 5.54 Å². The van der Waals surface area contributed by atoms with Gasteiger partial charge >= 0.3 is 12.1 Å². The Kier molecular flexibility index (Phi) is 2.67. The molecule has 1 aliphatic rings. The van der Waals surface area contributed by atoms with Crippen LogP contribution in [0.2, 0.25) is 0 Å². The van der Waals surface area contributed by atoms with Crippen molar-refractivity contribution in [2.45, 2.75) is 39.2 Å². The molecule has 5 heteroatoms. The molecule has 0 radical (unpaired) electrons. The quantitative estimate of drug-likeness (QED) is 0.733. The van der Waals surface area contributed by atoms with Gasteiger partial charge in [-0.05, 0) is 18.3 Å². The standard InChI is InChI=1S/C10H17NO4/c1-4-10(7(12)13)5-9(2,3)6-11(10)8(14)15/h4-6H2,1-3H3,(H,12,13)(H,14,15). The smallest absolute Gasteiger partial charge is 0.408 e. The van der Waals surface area contributed by atoms with Gasteiger partial charge in [-0.3, -0.25) is 4.90 Å². The Balaban J connectivity index is 3.13. The number of rotatable bonds is 2. The number of hydrogen-bond acceptors (Lipinski definition) is 2. The number of carboxylic acids is 1. The first-order valence-electron chi connectivity index (χ1n) is 4.99. The Morgan fingerprint density at radius 1 is 1.33 bits per heavy atom. The lowest BCUT2D eigenvalue weighted by Gasteiger charge is -2.31. The third kappa shape index (κ3) is 1.78. The molecule has 0 aromatic rings. The van der Waals surface area contributed by atoms with Gasteiger partial charge < -0.3 is 10.2 Å². The minimum absolute atomic E-state index is 0.271. The number of likely N-dealkylation sites (tertiary alicyclic amines) is 1. The van der Waals surface area contributed by atoms with Crippen LogP contribution < -0.4 is 0 Å². The zero-order valence-electron chi connectivity index (χ0n) is 9.28. The Morgan fingerprint density at radius 2 is 1.87 bits per heavy atom. The zero-order valence-corrected chi connectivity index (χ0v) is 9.28. The number of hydrogen-bond donors (Lipinski definition) is 2. The van der Waals surface area contributed by atoms with E-state index in [4.69, 9.17) is 5.11 Å². The first-order chi connectivity index (χ1) is 6.75. The highest BCUT2D eigenvalue weighted by Gasteiger charge is 2.55. The van der Waals surface area contributed by atoms with Crippen LogP contribution >= 0.6 is 0 Å². The molecular weight excluding hydrogens is 198 g/mol. The van der Waals surface area contributed by atoms with Crippen molar-refractivity contribution in [2.24, 2.45) is 5.41 Å². The zero-order chi connectivity index (χ0) is 11.9. The van der Waals surface area contributed by atoms with E-state index in [1.807, 2.05) is 13.8 Å². The molecule has 0 aliphatic carbocycles. The first kappa shape index (κ1) is 11.8. The van der Waals surface area contributed by atoms with E-state index in [9.17, 15) is 14.7 Å². The summed E-state index contributed by atoms with van der Waals surface area (Å²) in [6, 6.07) is 0. The topological polar surface area (TPSA) is 77.8 Å². The van der Waals surface area contributed by atoms with Crippen LogP contribution in [-0.4, -0.2) is 39.3 Å². The van der Waals surface area contributed by atoms with Gasteiger partial charge in [0.05, 0.1) is 0 Å². The van der Waals surface area contributed by atoms with Crippen molar-refractivity contribution >= 4 is 12.1 Å². The molecular formula is C10H17NO4. The van der Waals surface area contributed by atoms with Gasteiger partial charge in [0.25, 0.3) is 0 Å². The Labute approximate surface area is 88.7 Å². The second kappa shape index (κ2) is 3.40. The Morgan fingerprint density at radius 3 is 2.13 bits per heavy atom. The summed E-state index contributed by atoms with van der Waals surface area (Å²) in [6.45, 7) is 5.78. The van der Waals surface area contributed by atoms with E-state index in [2.05, 4.69) is 0 Å². The molecule has 15 heavy (non-hydrogen) atoms. The van der Waals surface area contributed by atoms with Crippen LogP contribution in [0.15, 0.2) is 0 Å². The van der Waals surface area contributed by atoms with Gasteiger partial charge in [-0.25, -0.2) is 9.59 Å². The van der Waals surface area contributed by atoms with Crippen LogP contribution in [-0.2, 0) is 4.79 Å². The third-order valence-corrected chi connectivity index (χ3v) is 3.09. The van der Waals surface area contributed by atoms with Gasteiger partial charge in [0, 0.05) is 6.54 Å². The van der Waals surface area contributed by atoms with E-state index in [1.165, 1.54) is 0 Å². The highest BCUT2D eigenvalue weighted by atomic mass is 16.4. The molecule has 1 aliphatic heterocycles. The highest BCUT2D eigenvalue weighted by Crippen LogP contribution is 2.43. The number of amides is 1. The summed E-state index contributed by atoms with van der Waals surface area (Å²) in [6.07, 6.45) is -0.472. The Bertz CT molecular complexity index is 300. The van der Waals surface area contributed by atoms with Crippen molar-refractivity contribution in [3.05, 3.63) is 0 Å². The maximum atomic E-state index is 11.3. The van der Waals surface area contributed by atoms with Crippen LogP contribution in [0.4, 0.5) is 4.79 Å². The van der Waals surface area contributed by atoms with Crippen LogP contribution in [0.3, 0.4) is 0 Å². The molecule has 1 unspecified atom stereocenters. The van der Waals surface area contributed by atoms with Crippen molar-refractivity contribution in [2.75, 3.05) is 6.54 Å². The largest absolute Gasteiger partial charge is 0.479 e. The molecule has 1 fully saturated rings. The summed E-state index contributed by atoms with van der Waals surface area (Å²) in [5.74, 6) is -1.04. The monoisotopic (exact) mass is 215 g/mol. The molecule has 86 valence electrons. The summed E-state index contributed by atoms with van der Waals surface area (Å²) in [4.78, 5) is 23.3. The van der Waals surface area contributed by atoms with Crippen molar-refractivity contribution in [1.82, 2.24) is 4.90 Å². The van der Waals surface area contributed by atoms with Crippen LogP contribution in [0.1, 0.15) is 33.6 Å². The fraction of sp³-hybridized carbons (Fsp3) is 0.800. The van der Waals surface area contributed by atoms with Gasteiger partial charge in [-0.15, -0.1) is 0 Å². The first-order valence-corrected chi connectivity index (χ1v) is 4.99. The fourth-order valence-electron chi connectivity index (χ4n) is 2.43. The molecule has 1 amide bonds. The number of nitrogens with zero attached hydrogens (tertiary/aromatic N) is 1. The van der Waals surface area contributed by atoms with Gasteiger partial charge in [0.2, 0.25) is 0 Å². The van der Waals surface area contributed by atoms with E-state index in [1.54, 1.807) is 6.92 Å². The third-order valence-electron chi connectivity index (χ3n) is 3.09. The minimum atomic E-state index is -1.24. The second-order valence-electron chi connectivity index (χ2n) is 4.90. The van der Waals surface area contributed by atoms with Gasteiger partial charge in [0.15, 0.2) is 0 Å². The van der Waals surface area contributed by atoms with Crippen LogP contribution in [0.25, 0.3) is 0 Å². The summed E-state index contributed by atoms with van der Waals surface area (Å²) in [5, 5.41) is 18.2. The lowest BCUT2D eigenvalue weighted by Crippen LogP contribution is -2.52. The molecule has 1 rings (SSSR count). The lowest BCUT2D eigenvalue weighted by molar-refractivity contribution is -0.149. The van der Waals surface area contributed by atoms with Crippen molar-refractivity contribution < 1.29 is 19.8 Å². The average molecular weight is 215 g/mol. The fourth-order valence-corrected chi connectivity index (χ4v) is 2.43. The summed E-state index contributed by atoms with van der Waals surface area (Å²) in [7, 11) is 0. The predicted octanol–water partition coefficient (Wildman–Crippen LogP) is 1.63. The number of carbonyl (C=O) groups is 2. The Hall–Kier alpha value is -1.26. The number of aliphatic carboxylic acids is 1. The van der Waals surface area contributed by atoms with Crippen molar-refractivity contribution in [3.63, 3.8) is 0 Å². The maximum Gasteiger partial charge on any atom is 0.408 e. The van der Waals surface area contributed by atoms with E-state index in [0.29, 0.717) is 12.8 Å². The van der Waals surface area contributed by atoms with E-state index in [-0.39, 0.29) is 12.0 Å². The summed E-state index contributed by atoms with van der Waals surface area (Å²) in [5.41, 5.74) is -1.51. The van der Waals surface area contributed by atoms with Gasteiger partial charge in [-0.2, -0.15) is 0 Å². The molecule has 0 aromatic heterocycles. The summed E-state index contributed by atoms with van der Waals surface area (Å²) >= 11 is 0. The number of carboxylic acid groups (broad SMARTS) is 2. The molecule has 1 saturated heterocycles. The van der Waals surface area contributed by atoms with E-state index in [0.717, 1.165) is 4.90 Å². The average Bonchev–Trinajstić information content (AvgIpc) is 2.38. The maximum absolute atomic E-state index is 11.3. The SMILES string of the molecule is CCC1(C(=O)O)CC(C)(C)CN1C(=O)O. The van der Waals surface area contributed by atoms with Crippen LogP contribution in [0.5, 0.6) is 0 Å². The van der Waals surface area contributed by atoms with Crippen LogP contribution in [0, 0.1) is 5.41 Å². The van der Waals surface area contributed by atoms with E-state index < -0.39 is 17.6 Å². The molecule has 0 aromatic carbocycles. The molecule has 0 spiro atoms. The molecule has 0 saturated carbocycles. The molecule has 5 nitrogen and oxygen atoms in total. The minimum Gasteiger partial charge on any atom is -0.479 e. The normalized spacial score (nSPS) is 29.1. The molecule has 1 heterocycles. The summed E-state index contributed by atoms with van der Waals surface area (Å²) < 4.78 is 0. The van der Waals surface area contributed by atoms with E-state index >= 15 is 0 Å². The highest BCUT2D eigenvalue weighted by molar-refractivity contribution is 5.84.